The number of rotatable bonds is 5. The van der Waals surface area contributed by atoms with E-state index in [-0.39, 0.29) is 11.8 Å². The van der Waals surface area contributed by atoms with Gasteiger partial charge < -0.3 is 0 Å². The molecular formula is C8H14O6. The summed E-state index contributed by atoms with van der Waals surface area (Å²) in [5.41, 5.74) is 0. The van der Waals surface area contributed by atoms with Crippen molar-refractivity contribution in [1.29, 1.82) is 0 Å². The topological polar surface area (TPSA) is 77.4 Å². The molecule has 2 N–H and O–H groups in total. The molecule has 4 unspecified atom stereocenters. The summed E-state index contributed by atoms with van der Waals surface area (Å²) in [4.78, 5) is 18.2. The van der Waals surface area contributed by atoms with E-state index in [0.717, 1.165) is 0 Å². The standard InChI is InChI=1S/C8H14O6/c1-5-3-7(5,11-9)13-14-8(12-10)4-6(8)2/h5-6,9-10H,3-4H2,1-2H3. The summed E-state index contributed by atoms with van der Waals surface area (Å²) < 4.78 is 0. The summed E-state index contributed by atoms with van der Waals surface area (Å²) in [7, 11) is 0. The molecule has 0 saturated heterocycles. The molecule has 6 nitrogen and oxygen atoms in total. The van der Waals surface area contributed by atoms with E-state index in [4.69, 9.17) is 20.3 Å². The fourth-order valence-electron chi connectivity index (χ4n) is 1.39. The maximum atomic E-state index is 8.57. The molecule has 0 aromatic heterocycles. The van der Waals surface area contributed by atoms with Gasteiger partial charge in [-0.05, 0) is 0 Å². The molecule has 2 aliphatic rings. The predicted octanol–water partition coefficient (Wildman–Crippen LogP) is 1.39. The highest BCUT2D eigenvalue weighted by Crippen LogP contribution is 2.52. The Morgan fingerprint density at radius 3 is 1.36 bits per heavy atom. The third kappa shape index (κ3) is 1.44. The first-order valence-electron chi connectivity index (χ1n) is 4.60. The van der Waals surface area contributed by atoms with Crippen molar-refractivity contribution >= 4 is 0 Å². The minimum absolute atomic E-state index is 0.0669. The van der Waals surface area contributed by atoms with Crippen molar-refractivity contribution in [3.63, 3.8) is 0 Å². The minimum atomic E-state index is -1.08. The number of hydrogen-bond acceptors (Lipinski definition) is 6. The lowest BCUT2D eigenvalue weighted by Crippen LogP contribution is -2.27. The van der Waals surface area contributed by atoms with Gasteiger partial charge in [-0.1, -0.05) is 13.8 Å². The first kappa shape index (κ1) is 10.3. The second kappa shape index (κ2) is 3.13. The highest BCUT2D eigenvalue weighted by atomic mass is 17.3. The molecule has 14 heavy (non-hydrogen) atoms. The van der Waals surface area contributed by atoms with Crippen LogP contribution < -0.4 is 0 Å². The van der Waals surface area contributed by atoms with Crippen LogP contribution >= 0.6 is 0 Å². The average Bonchev–Trinajstić information content (AvgIpc) is 3.02. The van der Waals surface area contributed by atoms with Gasteiger partial charge in [-0.3, -0.25) is 0 Å². The van der Waals surface area contributed by atoms with E-state index in [1.165, 1.54) is 0 Å². The zero-order valence-corrected chi connectivity index (χ0v) is 8.10. The summed E-state index contributed by atoms with van der Waals surface area (Å²) in [5.74, 6) is -2.02. The number of hydrogen-bond donors (Lipinski definition) is 2. The molecule has 0 spiro atoms. The van der Waals surface area contributed by atoms with Gasteiger partial charge in [0.25, 0.3) is 0 Å². The van der Waals surface area contributed by atoms with Crippen molar-refractivity contribution in [1.82, 2.24) is 0 Å². The van der Waals surface area contributed by atoms with Gasteiger partial charge in [0.2, 0.25) is 11.6 Å². The lowest BCUT2D eigenvalue weighted by molar-refractivity contribution is -0.534. The molecule has 82 valence electrons. The Morgan fingerprint density at radius 2 is 1.21 bits per heavy atom. The van der Waals surface area contributed by atoms with Crippen LogP contribution in [0.15, 0.2) is 0 Å². The van der Waals surface area contributed by atoms with Crippen LogP contribution in [0.25, 0.3) is 0 Å². The smallest absolute Gasteiger partial charge is 0.237 e. The molecular weight excluding hydrogens is 192 g/mol. The SMILES string of the molecule is CC1CC1(OO)OOC1(OO)CC1C. The summed E-state index contributed by atoms with van der Waals surface area (Å²) >= 11 is 0. The molecule has 2 rings (SSSR count). The zero-order chi connectivity index (χ0) is 10.4. The van der Waals surface area contributed by atoms with Gasteiger partial charge in [-0.2, -0.15) is 9.78 Å². The third-order valence-electron chi connectivity index (χ3n) is 3.00. The van der Waals surface area contributed by atoms with E-state index in [1.807, 2.05) is 13.8 Å². The zero-order valence-electron chi connectivity index (χ0n) is 8.10. The average molecular weight is 206 g/mol. The van der Waals surface area contributed by atoms with Crippen molar-refractivity contribution in [3.8, 4) is 0 Å². The van der Waals surface area contributed by atoms with Crippen molar-refractivity contribution < 1.29 is 30.1 Å². The Hall–Kier alpha value is -0.240. The van der Waals surface area contributed by atoms with Crippen LogP contribution in [0.3, 0.4) is 0 Å². The van der Waals surface area contributed by atoms with Gasteiger partial charge >= 0.3 is 0 Å². The van der Waals surface area contributed by atoms with Crippen LogP contribution in [0.1, 0.15) is 26.7 Å². The molecule has 0 aliphatic heterocycles. The van der Waals surface area contributed by atoms with E-state index in [2.05, 4.69) is 9.78 Å². The Bertz CT molecular complexity index is 202. The minimum Gasteiger partial charge on any atom is -0.249 e. The van der Waals surface area contributed by atoms with Gasteiger partial charge in [-0.15, -0.1) is 0 Å². The fourth-order valence-corrected chi connectivity index (χ4v) is 1.39. The molecule has 4 atom stereocenters. The maximum Gasteiger partial charge on any atom is 0.237 e. The van der Waals surface area contributed by atoms with Crippen molar-refractivity contribution in [2.24, 2.45) is 11.8 Å². The molecule has 0 bridgehead atoms. The summed E-state index contributed by atoms with van der Waals surface area (Å²) in [6, 6.07) is 0. The second-order valence-electron chi connectivity index (χ2n) is 4.18. The first-order valence-corrected chi connectivity index (χ1v) is 4.60. The predicted molar refractivity (Wildman–Crippen MR) is 42.6 cm³/mol. The van der Waals surface area contributed by atoms with Crippen LogP contribution in [0.4, 0.5) is 0 Å². The molecule has 2 saturated carbocycles. The molecule has 2 aliphatic carbocycles. The molecule has 6 heteroatoms. The molecule has 0 aromatic rings. The molecule has 0 amide bonds. The molecule has 0 aromatic carbocycles. The van der Waals surface area contributed by atoms with Gasteiger partial charge in [0.15, 0.2) is 0 Å². The lowest BCUT2D eigenvalue weighted by atomic mass is 10.5. The quantitative estimate of drug-likeness (QED) is 0.402. The fraction of sp³-hybridized carbons (Fsp3) is 1.00. The van der Waals surface area contributed by atoms with Crippen molar-refractivity contribution in [3.05, 3.63) is 0 Å². The van der Waals surface area contributed by atoms with Gasteiger partial charge in [0, 0.05) is 24.7 Å². The van der Waals surface area contributed by atoms with Gasteiger partial charge in [0.1, 0.15) is 0 Å². The molecule has 0 heterocycles. The van der Waals surface area contributed by atoms with Crippen LogP contribution in [0.5, 0.6) is 0 Å². The highest BCUT2D eigenvalue weighted by molar-refractivity contribution is 4.95. The van der Waals surface area contributed by atoms with E-state index < -0.39 is 11.6 Å². The molecule has 0 radical (unpaired) electrons. The van der Waals surface area contributed by atoms with Gasteiger partial charge in [0.05, 0.1) is 0 Å². The highest BCUT2D eigenvalue weighted by Gasteiger charge is 2.63. The monoisotopic (exact) mass is 206 g/mol. The Morgan fingerprint density at radius 1 is 0.929 bits per heavy atom. The molecule has 2 fully saturated rings. The van der Waals surface area contributed by atoms with E-state index >= 15 is 0 Å². The van der Waals surface area contributed by atoms with Crippen LogP contribution in [-0.2, 0) is 19.6 Å². The van der Waals surface area contributed by atoms with Gasteiger partial charge in [-0.25, -0.2) is 20.3 Å². The second-order valence-corrected chi connectivity index (χ2v) is 4.18. The first-order chi connectivity index (χ1) is 6.58. The van der Waals surface area contributed by atoms with Crippen LogP contribution in [-0.4, -0.2) is 22.1 Å². The van der Waals surface area contributed by atoms with Crippen molar-refractivity contribution in [2.75, 3.05) is 0 Å². The van der Waals surface area contributed by atoms with Crippen molar-refractivity contribution in [2.45, 2.75) is 38.3 Å². The summed E-state index contributed by atoms with van der Waals surface area (Å²) in [6.45, 7) is 3.70. The Labute approximate surface area is 81.1 Å². The Kier molecular flexibility index (Phi) is 2.30. The van der Waals surface area contributed by atoms with E-state index in [0.29, 0.717) is 12.8 Å². The maximum absolute atomic E-state index is 8.57. The van der Waals surface area contributed by atoms with Crippen LogP contribution in [0.2, 0.25) is 0 Å². The largest absolute Gasteiger partial charge is 0.249 e. The normalized spacial score (nSPS) is 50.6. The summed E-state index contributed by atoms with van der Waals surface area (Å²) in [6.07, 6.45) is 1.11. The van der Waals surface area contributed by atoms with E-state index in [1.54, 1.807) is 0 Å². The van der Waals surface area contributed by atoms with E-state index in [9.17, 15) is 0 Å². The summed E-state index contributed by atoms with van der Waals surface area (Å²) in [5, 5.41) is 17.1. The lowest BCUT2D eigenvalue weighted by Gasteiger charge is -2.17. The Balaban J connectivity index is 1.83. The van der Waals surface area contributed by atoms with Crippen LogP contribution in [0, 0.1) is 11.8 Å². The third-order valence-corrected chi connectivity index (χ3v) is 3.00.